The van der Waals surface area contributed by atoms with Gasteiger partial charge in [-0.05, 0) is 12.8 Å². The van der Waals surface area contributed by atoms with Gasteiger partial charge in [0.05, 0.1) is 0 Å². The average molecular weight is 255 g/mol. The Morgan fingerprint density at radius 3 is 2.00 bits per heavy atom. The van der Waals surface area contributed by atoms with Crippen LogP contribution in [0.15, 0.2) is 0 Å². The van der Waals surface area contributed by atoms with Crippen molar-refractivity contribution in [1.82, 2.24) is 4.90 Å². The third-order valence-corrected chi connectivity index (χ3v) is 3.71. The second kappa shape index (κ2) is 5.06. The van der Waals surface area contributed by atoms with Gasteiger partial charge in [0.1, 0.15) is 18.8 Å². The number of carbonyl (C=O) groups excluding carboxylic acids is 2. The van der Waals surface area contributed by atoms with Gasteiger partial charge < -0.3 is 9.84 Å². The Bertz CT molecular complexity index is 355. The lowest BCUT2D eigenvalue weighted by atomic mass is 9.87. The Balaban J connectivity index is 2.35. The van der Waals surface area contributed by atoms with Crippen LogP contribution in [-0.4, -0.2) is 46.5 Å². The van der Waals surface area contributed by atoms with Crippen LogP contribution in [0.5, 0.6) is 0 Å². The molecule has 0 aromatic heterocycles. The van der Waals surface area contributed by atoms with Gasteiger partial charge in [0, 0.05) is 0 Å². The number of amides is 2. The molecule has 1 aliphatic carbocycles. The van der Waals surface area contributed by atoms with Crippen molar-refractivity contribution >= 4 is 17.8 Å². The molecule has 2 rings (SSSR count). The first kappa shape index (κ1) is 13.0. The SMILES string of the molecule is O=C1COCC(=O)N1C1(C(=O)O)CCCCCC1. The fourth-order valence-corrected chi connectivity index (χ4v) is 2.82. The summed E-state index contributed by atoms with van der Waals surface area (Å²) < 4.78 is 4.84. The van der Waals surface area contributed by atoms with Gasteiger partial charge in [-0.25, -0.2) is 4.79 Å². The molecule has 1 aliphatic heterocycles. The first-order valence-electron chi connectivity index (χ1n) is 6.25. The zero-order valence-electron chi connectivity index (χ0n) is 10.2. The highest BCUT2D eigenvalue weighted by atomic mass is 16.5. The number of imide groups is 1. The van der Waals surface area contributed by atoms with Gasteiger partial charge in [0.15, 0.2) is 0 Å². The van der Waals surface area contributed by atoms with E-state index >= 15 is 0 Å². The standard InChI is InChI=1S/C12H17NO5/c14-9-7-18-8-10(15)13(9)12(11(16)17)5-3-1-2-4-6-12/h1-8H2,(H,16,17). The molecule has 0 spiro atoms. The average Bonchev–Trinajstić information content (AvgIpc) is 2.55. The Hall–Kier alpha value is -1.43. The molecule has 0 radical (unpaired) electrons. The van der Waals surface area contributed by atoms with Crippen molar-refractivity contribution in [2.24, 2.45) is 0 Å². The molecule has 2 fully saturated rings. The summed E-state index contributed by atoms with van der Waals surface area (Å²) in [6.45, 7) is -0.415. The van der Waals surface area contributed by atoms with E-state index in [2.05, 4.69) is 0 Å². The molecule has 0 aromatic carbocycles. The lowest BCUT2D eigenvalue weighted by Crippen LogP contribution is -2.62. The number of hydrogen-bond acceptors (Lipinski definition) is 4. The number of carbonyl (C=O) groups is 3. The summed E-state index contributed by atoms with van der Waals surface area (Å²) in [6, 6.07) is 0. The van der Waals surface area contributed by atoms with Crippen molar-refractivity contribution in [3.8, 4) is 0 Å². The minimum atomic E-state index is -1.35. The number of hydrogen-bond donors (Lipinski definition) is 1. The molecule has 100 valence electrons. The van der Waals surface area contributed by atoms with Gasteiger partial charge in [-0.1, -0.05) is 25.7 Å². The Labute approximate surface area is 105 Å². The summed E-state index contributed by atoms with van der Waals surface area (Å²) in [5.41, 5.74) is -1.35. The van der Waals surface area contributed by atoms with E-state index < -0.39 is 23.3 Å². The second-order valence-electron chi connectivity index (χ2n) is 4.87. The van der Waals surface area contributed by atoms with Gasteiger partial charge in [0.25, 0.3) is 11.8 Å². The molecule has 1 N–H and O–H groups in total. The van der Waals surface area contributed by atoms with Crippen molar-refractivity contribution in [2.75, 3.05) is 13.2 Å². The predicted octanol–water partition coefficient (Wildman–Crippen LogP) is 0.549. The summed E-state index contributed by atoms with van der Waals surface area (Å²) in [5, 5.41) is 9.51. The zero-order valence-corrected chi connectivity index (χ0v) is 10.2. The lowest BCUT2D eigenvalue weighted by Gasteiger charge is -2.40. The molecule has 0 atom stereocenters. The van der Waals surface area contributed by atoms with Crippen molar-refractivity contribution in [3.63, 3.8) is 0 Å². The van der Waals surface area contributed by atoms with E-state index in [1.165, 1.54) is 0 Å². The molecule has 1 saturated heterocycles. The first-order valence-corrected chi connectivity index (χ1v) is 6.25. The zero-order chi connectivity index (χ0) is 13.2. The topological polar surface area (TPSA) is 83.9 Å². The fraction of sp³-hybridized carbons (Fsp3) is 0.750. The summed E-state index contributed by atoms with van der Waals surface area (Å²) >= 11 is 0. The number of ether oxygens (including phenoxy) is 1. The Kier molecular flexibility index (Phi) is 3.65. The van der Waals surface area contributed by atoms with Gasteiger partial charge in [-0.2, -0.15) is 0 Å². The highest BCUT2D eigenvalue weighted by Gasteiger charge is 2.50. The maximum Gasteiger partial charge on any atom is 0.330 e. The van der Waals surface area contributed by atoms with Crippen LogP contribution >= 0.6 is 0 Å². The fourth-order valence-electron chi connectivity index (χ4n) is 2.82. The molecule has 2 amide bonds. The van der Waals surface area contributed by atoms with Crippen molar-refractivity contribution in [3.05, 3.63) is 0 Å². The Morgan fingerprint density at radius 1 is 1.06 bits per heavy atom. The third-order valence-electron chi connectivity index (χ3n) is 3.71. The molecular formula is C12H17NO5. The quantitative estimate of drug-likeness (QED) is 0.575. The highest BCUT2D eigenvalue weighted by molar-refractivity contribution is 6.03. The number of nitrogens with zero attached hydrogens (tertiary/aromatic N) is 1. The largest absolute Gasteiger partial charge is 0.479 e. The number of carboxylic acids is 1. The second-order valence-corrected chi connectivity index (χ2v) is 4.87. The molecule has 0 unspecified atom stereocenters. The number of rotatable bonds is 2. The molecule has 2 aliphatic rings. The van der Waals surface area contributed by atoms with Crippen LogP contribution in [0.25, 0.3) is 0 Å². The van der Waals surface area contributed by atoms with E-state index in [0.717, 1.165) is 30.6 Å². The van der Waals surface area contributed by atoms with E-state index in [-0.39, 0.29) is 13.2 Å². The minimum Gasteiger partial charge on any atom is -0.479 e. The van der Waals surface area contributed by atoms with Crippen molar-refractivity contribution < 1.29 is 24.2 Å². The maximum absolute atomic E-state index is 11.8. The van der Waals surface area contributed by atoms with E-state index in [4.69, 9.17) is 4.74 Å². The monoisotopic (exact) mass is 255 g/mol. The molecule has 1 heterocycles. The summed E-state index contributed by atoms with van der Waals surface area (Å²) in [6.07, 6.45) is 4.04. The smallest absolute Gasteiger partial charge is 0.330 e. The van der Waals surface area contributed by atoms with Crippen molar-refractivity contribution in [1.29, 1.82) is 0 Å². The molecule has 6 heteroatoms. The van der Waals surface area contributed by atoms with Crippen molar-refractivity contribution in [2.45, 2.75) is 44.1 Å². The normalized spacial score (nSPS) is 24.8. The first-order chi connectivity index (χ1) is 8.58. The van der Waals surface area contributed by atoms with Crippen LogP contribution in [0.4, 0.5) is 0 Å². The molecule has 6 nitrogen and oxygen atoms in total. The summed E-state index contributed by atoms with van der Waals surface area (Å²) in [7, 11) is 0. The molecule has 1 saturated carbocycles. The predicted molar refractivity (Wildman–Crippen MR) is 60.7 cm³/mol. The number of carboxylic acid groups (broad SMARTS) is 1. The number of morpholine rings is 1. The van der Waals surface area contributed by atoms with Gasteiger partial charge in [-0.3, -0.25) is 14.5 Å². The van der Waals surface area contributed by atoms with E-state index in [1.807, 2.05) is 0 Å². The summed E-state index contributed by atoms with van der Waals surface area (Å²) in [5.74, 6) is -2.14. The summed E-state index contributed by atoms with van der Waals surface area (Å²) in [4.78, 5) is 36.3. The van der Waals surface area contributed by atoms with E-state index in [1.54, 1.807) is 0 Å². The molecular weight excluding hydrogens is 238 g/mol. The van der Waals surface area contributed by atoms with Crippen LogP contribution in [-0.2, 0) is 19.1 Å². The van der Waals surface area contributed by atoms with E-state index in [9.17, 15) is 19.5 Å². The molecule has 0 bridgehead atoms. The number of aliphatic carboxylic acids is 1. The lowest BCUT2D eigenvalue weighted by molar-refractivity contribution is -0.177. The molecule has 0 aromatic rings. The van der Waals surface area contributed by atoms with Crippen LogP contribution in [0.3, 0.4) is 0 Å². The van der Waals surface area contributed by atoms with Crippen LogP contribution < -0.4 is 0 Å². The van der Waals surface area contributed by atoms with Gasteiger partial charge in [0.2, 0.25) is 0 Å². The van der Waals surface area contributed by atoms with Crippen LogP contribution in [0, 0.1) is 0 Å². The Morgan fingerprint density at radius 2 is 1.56 bits per heavy atom. The highest BCUT2D eigenvalue weighted by Crippen LogP contribution is 2.34. The van der Waals surface area contributed by atoms with E-state index in [0.29, 0.717) is 12.8 Å². The minimum absolute atomic E-state index is 0.208. The third kappa shape index (κ3) is 2.12. The van der Waals surface area contributed by atoms with Crippen LogP contribution in [0.2, 0.25) is 0 Å². The molecule has 18 heavy (non-hydrogen) atoms. The maximum atomic E-state index is 11.8. The van der Waals surface area contributed by atoms with Gasteiger partial charge in [-0.15, -0.1) is 0 Å². The van der Waals surface area contributed by atoms with Gasteiger partial charge >= 0.3 is 5.97 Å². The van der Waals surface area contributed by atoms with Crippen LogP contribution in [0.1, 0.15) is 38.5 Å².